The van der Waals surface area contributed by atoms with Crippen molar-refractivity contribution in [3.63, 3.8) is 0 Å². The van der Waals surface area contributed by atoms with Crippen molar-refractivity contribution >= 4 is 23.1 Å². The Morgan fingerprint density at radius 2 is 2.04 bits per heavy atom. The van der Waals surface area contributed by atoms with E-state index in [1.165, 1.54) is 31.0 Å². The summed E-state index contributed by atoms with van der Waals surface area (Å²) in [5.74, 6) is 0.523. The Balaban J connectivity index is 1.67. The molecule has 0 aliphatic carbocycles. The molecule has 2 heterocycles. The highest BCUT2D eigenvalue weighted by Gasteiger charge is 2.16. The topological polar surface area (TPSA) is 114 Å². The van der Waals surface area contributed by atoms with Crippen molar-refractivity contribution in [2.45, 2.75) is 19.4 Å². The summed E-state index contributed by atoms with van der Waals surface area (Å²) < 4.78 is 0. The van der Waals surface area contributed by atoms with E-state index >= 15 is 0 Å². The lowest BCUT2D eigenvalue weighted by atomic mass is 10.1. The number of nitrogen functional groups attached to an aromatic ring is 1. The van der Waals surface area contributed by atoms with E-state index in [-0.39, 0.29) is 22.8 Å². The van der Waals surface area contributed by atoms with Crippen molar-refractivity contribution in [2.75, 3.05) is 23.7 Å². The summed E-state index contributed by atoms with van der Waals surface area (Å²) in [6.45, 7) is 2.32. The van der Waals surface area contributed by atoms with Crippen LogP contribution in [0.1, 0.15) is 28.8 Å². The fourth-order valence-corrected chi connectivity index (χ4v) is 2.82. The zero-order valence-corrected chi connectivity index (χ0v) is 13.6. The average molecular weight is 341 g/mol. The van der Waals surface area contributed by atoms with Gasteiger partial charge in [0.1, 0.15) is 11.5 Å². The Kier molecular flexibility index (Phi) is 4.78. The Morgan fingerprint density at radius 3 is 2.76 bits per heavy atom. The van der Waals surface area contributed by atoms with Crippen LogP contribution < -0.4 is 16.0 Å². The molecule has 1 saturated heterocycles. The van der Waals surface area contributed by atoms with E-state index in [0.29, 0.717) is 6.54 Å². The number of benzene rings is 1. The number of nitrogens with one attached hydrogen (secondary N) is 1. The molecule has 1 fully saturated rings. The van der Waals surface area contributed by atoms with E-state index in [4.69, 9.17) is 5.73 Å². The number of hydrogen-bond donors (Lipinski definition) is 2. The number of rotatable bonds is 5. The van der Waals surface area contributed by atoms with Crippen LogP contribution in [0.5, 0.6) is 0 Å². The molecule has 1 amide bonds. The first-order valence-corrected chi connectivity index (χ1v) is 8.06. The number of carbonyl (C=O) groups excluding carboxylic acids is 1. The lowest BCUT2D eigenvalue weighted by Gasteiger charge is -2.17. The van der Waals surface area contributed by atoms with Crippen molar-refractivity contribution < 1.29 is 9.72 Å². The second-order valence-corrected chi connectivity index (χ2v) is 5.93. The first-order valence-electron chi connectivity index (χ1n) is 8.06. The molecule has 0 unspecified atom stereocenters. The summed E-state index contributed by atoms with van der Waals surface area (Å²) >= 11 is 0. The van der Waals surface area contributed by atoms with Crippen LogP contribution in [0, 0.1) is 10.1 Å². The summed E-state index contributed by atoms with van der Waals surface area (Å²) in [5, 5.41) is 13.7. The molecule has 3 rings (SSSR count). The number of amides is 1. The average Bonchev–Trinajstić information content (AvgIpc) is 3.15. The van der Waals surface area contributed by atoms with Crippen LogP contribution in [0.25, 0.3) is 0 Å². The maximum absolute atomic E-state index is 12.2. The summed E-state index contributed by atoms with van der Waals surface area (Å²) in [4.78, 5) is 29.2. The quantitative estimate of drug-likeness (QED) is 0.489. The van der Waals surface area contributed by atoms with Crippen LogP contribution in [0.15, 0.2) is 36.5 Å². The van der Waals surface area contributed by atoms with Gasteiger partial charge in [-0.1, -0.05) is 0 Å². The third kappa shape index (κ3) is 3.85. The first-order chi connectivity index (χ1) is 12.0. The van der Waals surface area contributed by atoms with E-state index in [9.17, 15) is 14.9 Å². The second kappa shape index (κ2) is 7.16. The summed E-state index contributed by atoms with van der Waals surface area (Å²) in [6.07, 6.45) is 4.06. The largest absolute Gasteiger partial charge is 0.393 e. The number of pyridine rings is 1. The third-order valence-corrected chi connectivity index (χ3v) is 4.18. The van der Waals surface area contributed by atoms with E-state index in [2.05, 4.69) is 15.2 Å². The molecule has 2 aromatic rings. The first kappa shape index (κ1) is 16.7. The fourth-order valence-electron chi connectivity index (χ4n) is 2.82. The van der Waals surface area contributed by atoms with Crippen molar-refractivity contribution in [2.24, 2.45) is 0 Å². The molecule has 1 aromatic heterocycles. The number of nitrogens with two attached hydrogens (primary N) is 1. The van der Waals surface area contributed by atoms with Crippen LogP contribution >= 0.6 is 0 Å². The predicted octanol–water partition coefficient (Wildman–Crippen LogP) is 2.10. The van der Waals surface area contributed by atoms with Gasteiger partial charge in [0.15, 0.2) is 0 Å². The number of nitro benzene ring substituents is 1. The van der Waals surface area contributed by atoms with E-state index < -0.39 is 4.92 Å². The van der Waals surface area contributed by atoms with Crippen molar-refractivity contribution in [1.29, 1.82) is 0 Å². The van der Waals surface area contributed by atoms with Gasteiger partial charge in [-0.15, -0.1) is 0 Å². The molecule has 25 heavy (non-hydrogen) atoms. The van der Waals surface area contributed by atoms with Crippen LogP contribution in [0.2, 0.25) is 0 Å². The molecular weight excluding hydrogens is 322 g/mol. The normalized spacial score (nSPS) is 13.7. The summed E-state index contributed by atoms with van der Waals surface area (Å²) in [6, 6.07) is 7.82. The molecular formula is C17H19N5O3. The monoisotopic (exact) mass is 341 g/mol. The highest BCUT2D eigenvalue weighted by Crippen LogP contribution is 2.22. The highest BCUT2D eigenvalue weighted by molar-refractivity contribution is 5.95. The van der Waals surface area contributed by atoms with Gasteiger partial charge in [-0.2, -0.15) is 0 Å². The number of aromatic nitrogens is 1. The van der Waals surface area contributed by atoms with Gasteiger partial charge in [-0.05, 0) is 42.7 Å². The third-order valence-electron chi connectivity index (χ3n) is 4.18. The maximum atomic E-state index is 12.2. The number of carbonyl (C=O) groups is 1. The molecule has 8 nitrogen and oxygen atoms in total. The van der Waals surface area contributed by atoms with Crippen LogP contribution in [-0.2, 0) is 6.54 Å². The van der Waals surface area contributed by atoms with Crippen molar-refractivity contribution in [1.82, 2.24) is 10.3 Å². The molecule has 3 N–H and O–H groups in total. The summed E-state index contributed by atoms with van der Waals surface area (Å²) in [7, 11) is 0. The van der Waals surface area contributed by atoms with Gasteiger partial charge in [0.25, 0.3) is 11.6 Å². The van der Waals surface area contributed by atoms with E-state index in [0.717, 1.165) is 24.5 Å². The van der Waals surface area contributed by atoms with Gasteiger partial charge in [0.05, 0.1) is 4.92 Å². The van der Waals surface area contributed by atoms with Crippen molar-refractivity contribution in [3.8, 4) is 0 Å². The molecule has 0 atom stereocenters. The van der Waals surface area contributed by atoms with Crippen LogP contribution in [-0.4, -0.2) is 28.9 Å². The smallest absolute Gasteiger partial charge is 0.292 e. The molecule has 0 bridgehead atoms. The number of hydrogen-bond acceptors (Lipinski definition) is 6. The Morgan fingerprint density at radius 1 is 1.28 bits per heavy atom. The zero-order valence-electron chi connectivity index (χ0n) is 13.6. The minimum absolute atomic E-state index is 0.0333. The molecule has 0 spiro atoms. The molecule has 1 aromatic carbocycles. The number of nitrogens with zero attached hydrogens (tertiary/aromatic N) is 3. The molecule has 1 aliphatic rings. The molecule has 1 aliphatic heterocycles. The maximum Gasteiger partial charge on any atom is 0.292 e. The van der Waals surface area contributed by atoms with Crippen LogP contribution in [0.4, 0.5) is 17.2 Å². The molecule has 130 valence electrons. The van der Waals surface area contributed by atoms with Gasteiger partial charge in [0, 0.05) is 37.5 Å². The molecule has 8 heteroatoms. The Hall–Kier alpha value is -3.16. The molecule has 0 radical (unpaired) electrons. The lowest BCUT2D eigenvalue weighted by Crippen LogP contribution is -2.23. The van der Waals surface area contributed by atoms with E-state index in [1.807, 2.05) is 12.1 Å². The van der Waals surface area contributed by atoms with Gasteiger partial charge < -0.3 is 16.0 Å². The van der Waals surface area contributed by atoms with Gasteiger partial charge >= 0.3 is 0 Å². The number of nitro groups is 1. The molecule has 0 saturated carbocycles. The van der Waals surface area contributed by atoms with Gasteiger partial charge in [-0.25, -0.2) is 4.98 Å². The Labute approximate surface area is 144 Å². The minimum Gasteiger partial charge on any atom is -0.393 e. The van der Waals surface area contributed by atoms with Gasteiger partial charge in [-0.3, -0.25) is 14.9 Å². The van der Waals surface area contributed by atoms with E-state index in [1.54, 1.807) is 6.20 Å². The Bertz CT molecular complexity index is 803. The second-order valence-electron chi connectivity index (χ2n) is 5.93. The summed E-state index contributed by atoms with van der Waals surface area (Å²) in [5.41, 5.74) is 6.44. The standard InChI is InChI=1S/C17H19N5O3/c18-14-4-3-13(10-15(14)22(24)25)17(23)20-11-12-5-6-19-16(9-12)21-7-1-2-8-21/h3-6,9-10H,1-2,7-8,11,18H2,(H,20,23). The van der Waals surface area contributed by atoms with Gasteiger partial charge in [0.2, 0.25) is 0 Å². The van der Waals surface area contributed by atoms with Crippen molar-refractivity contribution in [3.05, 3.63) is 57.8 Å². The minimum atomic E-state index is -0.600. The fraction of sp³-hybridized carbons (Fsp3) is 0.294. The lowest BCUT2D eigenvalue weighted by molar-refractivity contribution is -0.383. The SMILES string of the molecule is Nc1ccc(C(=O)NCc2ccnc(N3CCCC3)c2)cc1[N+](=O)[O-]. The van der Waals surface area contributed by atoms with Crippen LogP contribution in [0.3, 0.4) is 0 Å². The highest BCUT2D eigenvalue weighted by atomic mass is 16.6. The number of anilines is 2. The predicted molar refractivity (Wildman–Crippen MR) is 94.4 cm³/mol. The zero-order chi connectivity index (χ0) is 17.8.